The number of aromatic nitrogens is 5. The van der Waals surface area contributed by atoms with Crippen molar-refractivity contribution in [3.05, 3.63) is 99.9 Å². The molecule has 11 heteroatoms. The highest BCUT2D eigenvalue weighted by Crippen LogP contribution is 2.32. The van der Waals surface area contributed by atoms with E-state index in [1.807, 2.05) is 13.0 Å². The summed E-state index contributed by atoms with van der Waals surface area (Å²) in [6.07, 6.45) is 4.66. The van der Waals surface area contributed by atoms with Gasteiger partial charge in [-0.25, -0.2) is 19.0 Å². The average molecular weight is 556 g/mol. The van der Waals surface area contributed by atoms with Gasteiger partial charge in [0.25, 0.3) is 5.56 Å². The van der Waals surface area contributed by atoms with Crippen LogP contribution in [0.3, 0.4) is 0 Å². The van der Waals surface area contributed by atoms with Gasteiger partial charge in [-0.15, -0.1) is 13.2 Å². The van der Waals surface area contributed by atoms with E-state index in [9.17, 15) is 22.4 Å². The molecule has 0 N–H and O–H groups in total. The molecule has 1 aliphatic carbocycles. The standard InChI is InChI=1S/C22H22F3N5O2.C7H7F/c1-14-27-11-16(12-28-14)18-10-17(15-6-3-2-4-7-15)21(31)30(29-18)13-19-20(8-5-9-26-19)32-22(23,24)25;1-6-3-2-4-7(8)5-6/h5,8-12,15H,2-4,6-7,13H2,1H3;2-5H,1H3. The molecule has 0 unspecified atom stereocenters. The molecule has 1 saturated carbocycles. The fourth-order valence-corrected chi connectivity index (χ4v) is 4.55. The van der Waals surface area contributed by atoms with Gasteiger partial charge < -0.3 is 4.74 Å². The molecule has 4 aromatic rings. The molecule has 0 saturated heterocycles. The Labute approximate surface area is 228 Å². The van der Waals surface area contributed by atoms with Crippen LogP contribution in [0.2, 0.25) is 0 Å². The van der Waals surface area contributed by atoms with Gasteiger partial charge in [0.05, 0.1) is 12.2 Å². The molecule has 0 aliphatic heterocycles. The van der Waals surface area contributed by atoms with Crippen LogP contribution >= 0.6 is 0 Å². The minimum atomic E-state index is -4.87. The average Bonchev–Trinajstić information content (AvgIpc) is 2.91. The van der Waals surface area contributed by atoms with Crippen molar-refractivity contribution >= 4 is 0 Å². The Morgan fingerprint density at radius 2 is 1.70 bits per heavy atom. The zero-order valence-electron chi connectivity index (χ0n) is 22.2. The van der Waals surface area contributed by atoms with Crippen molar-refractivity contribution in [2.75, 3.05) is 0 Å². The summed E-state index contributed by atoms with van der Waals surface area (Å²) in [6, 6.07) is 10.8. The Morgan fingerprint density at radius 3 is 2.33 bits per heavy atom. The third kappa shape index (κ3) is 7.93. The van der Waals surface area contributed by atoms with Crippen LogP contribution in [0.1, 0.15) is 60.7 Å². The van der Waals surface area contributed by atoms with Crippen molar-refractivity contribution in [1.29, 1.82) is 0 Å². The number of pyridine rings is 1. The van der Waals surface area contributed by atoms with E-state index in [4.69, 9.17) is 0 Å². The number of alkyl halides is 3. The van der Waals surface area contributed by atoms with Crippen molar-refractivity contribution in [3.8, 4) is 17.0 Å². The lowest BCUT2D eigenvalue weighted by Gasteiger charge is -2.22. The van der Waals surface area contributed by atoms with E-state index in [0.29, 0.717) is 22.6 Å². The minimum Gasteiger partial charge on any atom is -0.404 e. The van der Waals surface area contributed by atoms with Gasteiger partial charge in [0, 0.05) is 29.7 Å². The molecular formula is C29H29F4N5O2. The largest absolute Gasteiger partial charge is 0.573 e. The van der Waals surface area contributed by atoms with Crippen molar-refractivity contribution in [2.45, 2.75) is 64.8 Å². The molecule has 0 amide bonds. The van der Waals surface area contributed by atoms with Crippen LogP contribution in [0.4, 0.5) is 17.6 Å². The van der Waals surface area contributed by atoms with Crippen LogP contribution in [-0.2, 0) is 6.54 Å². The summed E-state index contributed by atoms with van der Waals surface area (Å²) in [5, 5.41) is 4.41. The summed E-state index contributed by atoms with van der Waals surface area (Å²) in [7, 11) is 0. The number of aryl methyl sites for hydroxylation is 2. The Hall–Kier alpha value is -4.15. The van der Waals surface area contributed by atoms with Crippen LogP contribution in [0, 0.1) is 19.7 Å². The van der Waals surface area contributed by atoms with Gasteiger partial charge in [-0.1, -0.05) is 31.4 Å². The summed E-state index contributed by atoms with van der Waals surface area (Å²) in [5.74, 6) is 0.0456. The molecule has 210 valence electrons. The third-order valence-corrected chi connectivity index (χ3v) is 6.48. The number of rotatable bonds is 5. The maximum Gasteiger partial charge on any atom is 0.573 e. The SMILES string of the molecule is Cc1cccc(F)c1.Cc1ncc(-c2cc(C3CCCCC3)c(=O)n(Cc3ncccc3OC(F)(F)F)n2)cn1. The lowest BCUT2D eigenvalue weighted by atomic mass is 9.84. The number of ether oxygens (including phenoxy) is 1. The monoisotopic (exact) mass is 555 g/mol. The quantitative estimate of drug-likeness (QED) is 0.260. The molecule has 3 heterocycles. The van der Waals surface area contributed by atoms with Crippen molar-refractivity contribution in [3.63, 3.8) is 0 Å². The number of nitrogens with zero attached hydrogens (tertiary/aromatic N) is 5. The van der Waals surface area contributed by atoms with Gasteiger partial charge >= 0.3 is 6.36 Å². The van der Waals surface area contributed by atoms with Crippen molar-refractivity contribution in [1.82, 2.24) is 24.7 Å². The van der Waals surface area contributed by atoms with E-state index in [0.717, 1.165) is 42.3 Å². The zero-order valence-corrected chi connectivity index (χ0v) is 22.2. The van der Waals surface area contributed by atoms with E-state index >= 15 is 0 Å². The summed E-state index contributed by atoms with van der Waals surface area (Å²) in [5.41, 5.74) is 2.30. The number of hydrogen-bond acceptors (Lipinski definition) is 6. The van der Waals surface area contributed by atoms with Gasteiger partial charge in [-0.05, 0) is 68.5 Å². The van der Waals surface area contributed by atoms with Gasteiger partial charge in [0.15, 0.2) is 5.75 Å². The molecule has 3 aromatic heterocycles. The highest BCUT2D eigenvalue weighted by atomic mass is 19.4. The van der Waals surface area contributed by atoms with E-state index in [1.165, 1.54) is 30.5 Å². The summed E-state index contributed by atoms with van der Waals surface area (Å²) >= 11 is 0. The van der Waals surface area contributed by atoms with Gasteiger partial charge in [-0.2, -0.15) is 5.10 Å². The first-order valence-corrected chi connectivity index (χ1v) is 12.9. The zero-order chi connectivity index (χ0) is 28.7. The maximum atomic E-state index is 13.3. The lowest BCUT2D eigenvalue weighted by Crippen LogP contribution is -2.30. The minimum absolute atomic E-state index is 0.0358. The smallest absolute Gasteiger partial charge is 0.404 e. The van der Waals surface area contributed by atoms with Crippen molar-refractivity contribution < 1.29 is 22.3 Å². The summed E-state index contributed by atoms with van der Waals surface area (Å²) < 4.78 is 55.9. The Morgan fingerprint density at radius 1 is 0.975 bits per heavy atom. The van der Waals surface area contributed by atoms with Crippen LogP contribution in [0.15, 0.2) is 65.8 Å². The van der Waals surface area contributed by atoms with E-state index < -0.39 is 12.1 Å². The lowest BCUT2D eigenvalue weighted by molar-refractivity contribution is -0.275. The van der Waals surface area contributed by atoms with Gasteiger partial charge in [0.1, 0.15) is 17.3 Å². The molecule has 40 heavy (non-hydrogen) atoms. The Balaban J connectivity index is 0.000000398. The van der Waals surface area contributed by atoms with E-state index in [-0.39, 0.29) is 29.5 Å². The topological polar surface area (TPSA) is 82.8 Å². The van der Waals surface area contributed by atoms with Crippen LogP contribution in [0.25, 0.3) is 11.3 Å². The van der Waals surface area contributed by atoms with E-state index in [2.05, 4.69) is 24.8 Å². The predicted octanol–water partition coefficient (Wildman–Crippen LogP) is 6.53. The first-order chi connectivity index (χ1) is 19.1. The van der Waals surface area contributed by atoms with E-state index in [1.54, 1.807) is 31.5 Å². The molecule has 0 atom stereocenters. The fraction of sp³-hybridized carbons (Fsp3) is 0.345. The first-order valence-electron chi connectivity index (χ1n) is 12.9. The summed E-state index contributed by atoms with van der Waals surface area (Å²) in [6.45, 7) is 3.36. The first kappa shape index (κ1) is 28.8. The maximum absolute atomic E-state index is 13.3. The third-order valence-electron chi connectivity index (χ3n) is 6.48. The van der Waals surface area contributed by atoms with Crippen LogP contribution < -0.4 is 10.3 Å². The molecule has 1 aliphatic rings. The second-order valence-corrected chi connectivity index (χ2v) is 9.60. The number of benzene rings is 1. The van der Waals surface area contributed by atoms with Gasteiger partial charge in [0.2, 0.25) is 0 Å². The van der Waals surface area contributed by atoms with Crippen LogP contribution in [-0.4, -0.2) is 31.1 Å². The molecule has 0 spiro atoms. The predicted molar refractivity (Wildman–Crippen MR) is 141 cm³/mol. The second-order valence-electron chi connectivity index (χ2n) is 9.60. The molecule has 7 nitrogen and oxygen atoms in total. The number of halogens is 4. The summed E-state index contributed by atoms with van der Waals surface area (Å²) in [4.78, 5) is 25.7. The fourth-order valence-electron chi connectivity index (χ4n) is 4.55. The highest BCUT2D eigenvalue weighted by molar-refractivity contribution is 5.57. The van der Waals surface area contributed by atoms with Crippen LogP contribution in [0.5, 0.6) is 5.75 Å². The Kier molecular flexibility index (Phi) is 9.23. The second kappa shape index (κ2) is 12.8. The van der Waals surface area contributed by atoms with Crippen molar-refractivity contribution in [2.24, 2.45) is 0 Å². The highest BCUT2D eigenvalue weighted by Gasteiger charge is 2.32. The van der Waals surface area contributed by atoms with Gasteiger partial charge in [-0.3, -0.25) is 9.78 Å². The molecule has 1 fully saturated rings. The molecule has 5 rings (SSSR count). The molecule has 1 aromatic carbocycles. The molecule has 0 radical (unpaired) electrons. The number of hydrogen-bond donors (Lipinski definition) is 0. The molecule has 0 bridgehead atoms. The normalized spacial score (nSPS) is 13.8. The Bertz CT molecular complexity index is 1470. The molecular weight excluding hydrogens is 526 g/mol.